The lowest BCUT2D eigenvalue weighted by Gasteiger charge is -2.32. The van der Waals surface area contributed by atoms with Gasteiger partial charge in [-0.25, -0.2) is 4.39 Å². The largest absolute Gasteiger partial charge is 0.372 e. The van der Waals surface area contributed by atoms with E-state index >= 15 is 0 Å². The summed E-state index contributed by atoms with van der Waals surface area (Å²) in [4.78, 5) is 2.24. The Morgan fingerprint density at radius 2 is 1.95 bits per heavy atom. The van der Waals surface area contributed by atoms with Gasteiger partial charge >= 0.3 is 0 Å². The van der Waals surface area contributed by atoms with Crippen molar-refractivity contribution in [1.29, 1.82) is 0 Å². The highest BCUT2D eigenvalue weighted by molar-refractivity contribution is 5.46. The maximum Gasteiger partial charge on any atom is 0.125 e. The lowest BCUT2D eigenvalue weighted by Crippen LogP contribution is -2.27. The first-order valence-corrected chi connectivity index (χ1v) is 8.09. The van der Waals surface area contributed by atoms with Gasteiger partial charge in [-0.15, -0.1) is 0 Å². The van der Waals surface area contributed by atoms with Crippen molar-refractivity contribution in [1.82, 2.24) is 0 Å². The summed E-state index contributed by atoms with van der Waals surface area (Å²) in [6.07, 6.45) is 3.37. The maximum atomic E-state index is 13.3. The Balaban J connectivity index is 2.55. The zero-order valence-corrected chi connectivity index (χ0v) is 14.0. The predicted molar refractivity (Wildman–Crippen MR) is 90.1 cm³/mol. The summed E-state index contributed by atoms with van der Waals surface area (Å²) in [5.74, 6) is 0.482. The quantitative estimate of drug-likeness (QED) is 0.768. The summed E-state index contributed by atoms with van der Waals surface area (Å²) in [7, 11) is 0. The second-order valence-corrected chi connectivity index (χ2v) is 6.84. The van der Waals surface area contributed by atoms with Crippen LogP contribution in [0.3, 0.4) is 0 Å². The number of benzene rings is 1. The predicted octanol–water partition coefficient (Wildman–Crippen LogP) is 4.44. The molecule has 1 aromatic carbocycles. The lowest BCUT2D eigenvalue weighted by molar-refractivity contribution is 0.211. The third-order valence-electron chi connectivity index (χ3n) is 4.28. The molecule has 0 fully saturated rings. The van der Waals surface area contributed by atoms with Crippen molar-refractivity contribution >= 4 is 5.69 Å². The minimum Gasteiger partial charge on any atom is -0.372 e. The van der Waals surface area contributed by atoms with Gasteiger partial charge in [0.1, 0.15) is 5.82 Å². The molecule has 0 aliphatic heterocycles. The molecule has 0 aliphatic carbocycles. The number of rotatable bonds is 8. The van der Waals surface area contributed by atoms with Gasteiger partial charge < -0.3 is 10.6 Å². The van der Waals surface area contributed by atoms with E-state index in [1.807, 2.05) is 6.07 Å². The third kappa shape index (κ3) is 6.04. The van der Waals surface area contributed by atoms with E-state index in [0.29, 0.717) is 11.3 Å². The summed E-state index contributed by atoms with van der Waals surface area (Å²) in [5.41, 5.74) is 7.02. The number of nitrogens with zero attached hydrogens (tertiary/aromatic N) is 1. The average molecular weight is 294 g/mol. The van der Waals surface area contributed by atoms with Crippen LogP contribution in [0.5, 0.6) is 0 Å². The molecule has 0 spiro atoms. The van der Waals surface area contributed by atoms with Crippen molar-refractivity contribution in [2.24, 2.45) is 17.1 Å². The van der Waals surface area contributed by atoms with E-state index in [0.717, 1.165) is 38.2 Å². The molecule has 120 valence electrons. The van der Waals surface area contributed by atoms with Crippen LogP contribution in [0.4, 0.5) is 10.1 Å². The van der Waals surface area contributed by atoms with Crippen LogP contribution < -0.4 is 10.6 Å². The van der Waals surface area contributed by atoms with Crippen molar-refractivity contribution in [3.63, 3.8) is 0 Å². The molecule has 0 aliphatic rings. The highest BCUT2D eigenvalue weighted by Gasteiger charge is 2.23. The molecule has 0 heterocycles. The summed E-state index contributed by atoms with van der Waals surface area (Å²) < 4.78 is 13.3. The van der Waals surface area contributed by atoms with Crippen LogP contribution >= 0.6 is 0 Å². The SMILES string of the molecule is CCN(CCCC(CCN)C(C)(C)C)c1cccc(F)c1. The molecule has 2 N–H and O–H groups in total. The number of hydrogen-bond acceptors (Lipinski definition) is 2. The fraction of sp³-hybridized carbons (Fsp3) is 0.667. The van der Waals surface area contributed by atoms with Crippen LogP contribution in [0, 0.1) is 17.2 Å². The minimum atomic E-state index is -0.165. The molecule has 0 aromatic heterocycles. The second kappa shape index (κ2) is 8.38. The monoisotopic (exact) mass is 294 g/mol. The van der Waals surface area contributed by atoms with Crippen molar-refractivity contribution in [2.75, 3.05) is 24.5 Å². The van der Waals surface area contributed by atoms with Crippen molar-refractivity contribution in [3.05, 3.63) is 30.1 Å². The van der Waals surface area contributed by atoms with Crippen LogP contribution in [-0.2, 0) is 0 Å². The van der Waals surface area contributed by atoms with Gasteiger partial charge in [0.2, 0.25) is 0 Å². The number of nitrogens with two attached hydrogens (primary N) is 1. The van der Waals surface area contributed by atoms with Gasteiger partial charge in [0.05, 0.1) is 0 Å². The van der Waals surface area contributed by atoms with E-state index in [4.69, 9.17) is 5.73 Å². The van der Waals surface area contributed by atoms with Crippen molar-refractivity contribution in [3.8, 4) is 0 Å². The molecular weight excluding hydrogens is 263 g/mol. The Morgan fingerprint density at radius 1 is 1.24 bits per heavy atom. The first kappa shape index (κ1) is 18.0. The van der Waals surface area contributed by atoms with Crippen LogP contribution in [0.2, 0.25) is 0 Å². The zero-order valence-electron chi connectivity index (χ0n) is 14.0. The highest BCUT2D eigenvalue weighted by Crippen LogP contribution is 2.32. The van der Waals surface area contributed by atoms with Crippen molar-refractivity contribution < 1.29 is 4.39 Å². The van der Waals surface area contributed by atoms with E-state index in [-0.39, 0.29) is 5.82 Å². The summed E-state index contributed by atoms with van der Waals surface area (Å²) in [6.45, 7) is 11.6. The normalized spacial score (nSPS) is 13.2. The van der Waals surface area contributed by atoms with Gasteiger partial charge in [0.25, 0.3) is 0 Å². The van der Waals surface area contributed by atoms with E-state index in [1.165, 1.54) is 12.5 Å². The highest BCUT2D eigenvalue weighted by atomic mass is 19.1. The van der Waals surface area contributed by atoms with Crippen LogP contribution in [0.1, 0.15) is 47.0 Å². The Labute approximate surface area is 129 Å². The van der Waals surface area contributed by atoms with Gasteiger partial charge in [0, 0.05) is 18.8 Å². The molecule has 1 atom stereocenters. The van der Waals surface area contributed by atoms with Crippen LogP contribution in [0.25, 0.3) is 0 Å². The molecular formula is C18H31FN2. The first-order chi connectivity index (χ1) is 9.88. The molecule has 1 unspecified atom stereocenters. The molecule has 0 radical (unpaired) electrons. The Morgan fingerprint density at radius 3 is 2.48 bits per heavy atom. The van der Waals surface area contributed by atoms with Crippen LogP contribution in [-0.4, -0.2) is 19.6 Å². The molecule has 2 nitrogen and oxygen atoms in total. The van der Waals surface area contributed by atoms with E-state index in [2.05, 4.69) is 32.6 Å². The van der Waals surface area contributed by atoms with Gasteiger partial charge in [-0.3, -0.25) is 0 Å². The molecule has 1 rings (SSSR count). The summed E-state index contributed by atoms with van der Waals surface area (Å²) >= 11 is 0. The standard InChI is InChI=1S/C18H31FN2/c1-5-21(17-10-6-9-16(19)14-17)13-7-8-15(11-12-20)18(2,3)4/h6,9-10,14-15H,5,7-8,11-13,20H2,1-4H3. The fourth-order valence-corrected chi connectivity index (χ4v) is 2.88. The topological polar surface area (TPSA) is 29.3 Å². The van der Waals surface area contributed by atoms with Crippen LogP contribution in [0.15, 0.2) is 24.3 Å². The van der Waals surface area contributed by atoms with Gasteiger partial charge in [-0.05, 0) is 62.3 Å². The van der Waals surface area contributed by atoms with Crippen molar-refractivity contribution in [2.45, 2.75) is 47.0 Å². The molecule has 0 amide bonds. The lowest BCUT2D eigenvalue weighted by atomic mass is 9.76. The molecule has 21 heavy (non-hydrogen) atoms. The Kier molecular flexibility index (Phi) is 7.16. The average Bonchev–Trinajstić information content (AvgIpc) is 2.41. The van der Waals surface area contributed by atoms with Gasteiger partial charge in [-0.1, -0.05) is 26.8 Å². The molecule has 1 aromatic rings. The van der Waals surface area contributed by atoms with Gasteiger partial charge in [-0.2, -0.15) is 0 Å². The molecule has 3 heteroatoms. The fourth-order valence-electron chi connectivity index (χ4n) is 2.88. The second-order valence-electron chi connectivity index (χ2n) is 6.84. The first-order valence-electron chi connectivity index (χ1n) is 8.09. The molecule has 0 saturated heterocycles. The summed E-state index contributed by atoms with van der Waals surface area (Å²) in [6, 6.07) is 6.87. The van der Waals surface area contributed by atoms with E-state index < -0.39 is 0 Å². The maximum absolute atomic E-state index is 13.3. The third-order valence-corrected chi connectivity index (χ3v) is 4.28. The molecule has 0 saturated carbocycles. The van der Waals surface area contributed by atoms with Gasteiger partial charge in [0.15, 0.2) is 0 Å². The Bertz CT molecular complexity index is 412. The minimum absolute atomic E-state index is 0.165. The number of hydrogen-bond donors (Lipinski definition) is 1. The zero-order chi connectivity index (χ0) is 15.9. The number of halogens is 1. The van der Waals surface area contributed by atoms with E-state index in [9.17, 15) is 4.39 Å². The summed E-state index contributed by atoms with van der Waals surface area (Å²) in [5, 5.41) is 0. The smallest absolute Gasteiger partial charge is 0.125 e. The molecule has 0 bridgehead atoms. The van der Waals surface area contributed by atoms with E-state index in [1.54, 1.807) is 12.1 Å². The Hall–Kier alpha value is -1.09. The number of anilines is 1.